The van der Waals surface area contributed by atoms with E-state index in [0.29, 0.717) is 12.4 Å². The highest BCUT2D eigenvalue weighted by atomic mass is 15.4. The van der Waals surface area contributed by atoms with Gasteiger partial charge in [-0.15, -0.1) is 5.10 Å². The van der Waals surface area contributed by atoms with Crippen LogP contribution in [0.3, 0.4) is 0 Å². The third-order valence-electron chi connectivity index (χ3n) is 4.33. The SMILES string of the molecule is Cn1ccc(Nc2ccc3nnn(Cc4ccc5ncccc5c4)c3n2)n1. The van der Waals surface area contributed by atoms with E-state index in [2.05, 4.69) is 48.9 Å². The molecule has 0 aliphatic rings. The summed E-state index contributed by atoms with van der Waals surface area (Å²) < 4.78 is 3.54. The number of hydrogen-bond donors (Lipinski definition) is 1. The second-order valence-corrected chi connectivity index (χ2v) is 6.32. The largest absolute Gasteiger partial charge is 0.323 e. The zero-order valence-electron chi connectivity index (χ0n) is 14.6. The molecular formula is C19H16N8. The van der Waals surface area contributed by atoms with Gasteiger partial charge in [-0.25, -0.2) is 9.67 Å². The van der Waals surface area contributed by atoms with Crippen LogP contribution in [-0.4, -0.2) is 34.7 Å². The summed E-state index contributed by atoms with van der Waals surface area (Å²) in [5, 5.41) is 17.1. The molecule has 8 nitrogen and oxygen atoms in total. The van der Waals surface area contributed by atoms with Crippen LogP contribution in [0.2, 0.25) is 0 Å². The Morgan fingerprint density at radius 2 is 1.93 bits per heavy atom. The van der Waals surface area contributed by atoms with Crippen molar-refractivity contribution in [2.45, 2.75) is 6.54 Å². The molecule has 4 heterocycles. The molecule has 0 spiro atoms. The van der Waals surface area contributed by atoms with E-state index >= 15 is 0 Å². The smallest absolute Gasteiger partial charge is 0.180 e. The molecule has 0 unspecified atom stereocenters. The van der Waals surface area contributed by atoms with Gasteiger partial charge in [0.15, 0.2) is 11.5 Å². The molecule has 0 saturated carbocycles. The minimum absolute atomic E-state index is 0.585. The van der Waals surface area contributed by atoms with E-state index in [-0.39, 0.29) is 0 Å². The van der Waals surface area contributed by atoms with Crippen molar-refractivity contribution >= 4 is 33.7 Å². The highest BCUT2D eigenvalue weighted by Gasteiger charge is 2.09. The molecule has 0 fully saturated rings. The zero-order valence-corrected chi connectivity index (χ0v) is 14.6. The van der Waals surface area contributed by atoms with E-state index in [9.17, 15) is 0 Å². The van der Waals surface area contributed by atoms with Gasteiger partial charge in [-0.05, 0) is 35.9 Å². The fraction of sp³-hybridized carbons (Fsp3) is 0.105. The van der Waals surface area contributed by atoms with Crippen LogP contribution in [0.4, 0.5) is 11.6 Å². The van der Waals surface area contributed by atoms with Crippen LogP contribution in [0, 0.1) is 0 Å². The van der Waals surface area contributed by atoms with E-state index in [1.807, 2.05) is 43.6 Å². The topological polar surface area (TPSA) is 86.3 Å². The number of fused-ring (bicyclic) bond motifs is 2. The van der Waals surface area contributed by atoms with Crippen molar-refractivity contribution in [1.82, 2.24) is 34.7 Å². The molecule has 0 bridgehead atoms. The first-order valence-corrected chi connectivity index (χ1v) is 8.55. The summed E-state index contributed by atoms with van der Waals surface area (Å²) in [6.07, 6.45) is 3.67. The number of anilines is 2. The highest BCUT2D eigenvalue weighted by Crippen LogP contribution is 2.18. The molecule has 0 amide bonds. The van der Waals surface area contributed by atoms with Gasteiger partial charge in [0, 0.05) is 30.9 Å². The first kappa shape index (κ1) is 15.4. The van der Waals surface area contributed by atoms with Crippen molar-refractivity contribution in [2.75, 3.05) is 5.32 Å². The van der Waals surface area contributed by atoms with Crippen LogP contribution in [0.1, 0.15) is 5.56 Å². The molecule has 5 aromatic rings. The monoisotopic (exact) mass is 356 g/mol. The van der Waals surface area contributed by atoms with Crippen molar-refractivity contribution in [3.8, 4) is 0 Å². The Morgan fingerprint density at radius 3 is 2.81 bits per heavy atom. The Balaban J connectivity index is 1.47. The number of nitrogens with one attached hydrogen (secondary N) is 1. The Kier molecular flexibility index (Phi) is 3.53. The zero-order chi connectivity index (χ0) is 18.2. The molecule has 1 N–H and O–H groups in total. The predicted octanol–water partition coefficient (Wildman–Crippen LogP) is 2.90. The molecule has 5 rings (SSSR count). The standard InChI is InChI=1S/C19H16N8/c1-26-10-8-18(24-26)21-17-7-6-16-19(22-17)27(25-23-16)12-13-4-5-15-14(11-13)3-2-9-20-15/h2-11H,12H2,1H3,(H,21,22,24). The lowest BCUT2D eigenvalue weighted by molar-refractivity contribution is 0.665. The average molecular weight is 356 g/mol. The summed E-state index contributed by atoms with van der Waals surface area (Å²) in [5.41, 5.74) is 3.57. The molecule has 132 valence electrons. The van der Waals surface area contributed by atoms with Crippen molar-refractivity contribution in [3.05, 3.63) is 66.5 Å². The normalized spacial score (nSPS) is 11.3. The van der Waals surface area contributed by atoms with Gasteiger partial charge in [0.2, 0.25) is 0 Å². The van der Waals surface area contributed by atoms with Crippen LogP contribution in [0.15, 0.2) is 60.9 Å². The number of aromatic nitrogens is 7. The van der Waals surface area contributed by atoms with Crippen molar-refractivity contribution in [2.24, 2.45) is 7.05 Å². The van der Waals surface area contributed by atoms with Crippen LogP contribution in [-0.2, 0) is 13.6 Å². The van der Waals surface area contributed by atoms with Gasteiger partial charge in [0.05, 0.1) is 12.1 Å². The van der Waals surface area contributed by atoms with Gasteiger partial charge in [-0.2, -0.15) is 5.10 Å². The maximum Gasteiger partial charge on any atom is 0.180 e. The maximum absolute atomic E-state index is 4.66. The fourth-order valence-electron chi connectivity index (χ4n) is 3.04. The van der Waals surface area contributed by atoms with Gasteiger partial charge in [-0.3, -0.25) is 9.67 Å². The lowest BCUT2D eigenvalue weighted by atomic mass is 10.1. The van der Waals surface area contributed by atoms with E-state index in [0.717, 1.165) is 33.4 Å². The average Bonchev–Trinajstić information content (AvgIpc) is 3.28. The number of rotatable bonds is 4. The lowest BCUT2D eigenvalue weighted by Gasteiger charge is -2.05. The van der Waals surface area contributed by atoms with Gasteiger partial charge in [0.25, 0.3) is 0 Å². The van der Waals surface area contributed by atoms with Crippen molar-refractivity contribution < 1.29 is 0 Å². The van der Waals surface area contributed by atoms with E-state index in [1.165, 1.54) is 0 Å². The molecule has 0 radical (unpaired) electrons. The van der Waals surface area contributed by atoms with Crippen LogP contribution in [0.5, 0.6) is 0 Å². The van der Waals surface area contributed by atoms with E-state index in [4.69, 9.17) is 0 Å². The van der Waals surface area contributed by atoms with Crippen molar-refractivity contribution in [3.63, 3.8) is 0 Å². The maximum atomic E-state index is 4.66. The minimum Gasteiger partial charge on any atom is -0.323 e. The quantitative estimate of drug-likeness (QED) is 0.533. The van der Waals surface area contributed by atoms with Crippen molar-refractivity contribution in [1.29, 1.82) is 0 Å². The number of benzene rings is 1. The molecule has 0 aliphatic heterocycles. The number of nitrogens with zero attached hydrogens (tertiary/aromatic N) is 7. The summed E-state index contributed by atoms with van der Waals surface area (Å²) in [5.74, 6) is 1.44. The number of hydrogen-bond acceptors (Lipinski definition) is 6. The summed E-state index contributed by atoms with van der Waals surface area (Å²) >= 11 is 0. The van der Waals surface area contributed by atoms with E-state index < -0.39 is 0 Å². The van der Waals surface area contributed by atoms with Gasteiger partial charge >= 0.3 is 0 Å². The minimum atomic E-state index is 0.585. The molecule has 8 heteroatoms. The second kappa shape index (κ2) is 6.17. The Labute approximate surface area is 154 Å². The number of aryl methyl sites for hydroxylation is 1. The van der Waals surface area contributed by atoms with Crippen LogP contribution in [0.25, 0.3) is 22.1 Å². The summed E-state index contributed by atoms with van der Waals surface area (Å²) in [6.45, 7) is 0.585. The Morgan fingerprint density at radius 1 is 1.00 bits per heavy atom. The molecular weight excluding hydrogens is 340 g/mol. The second-order valence-electron chi connectivity index (χ2n) is 6.32. The molecule has 27 heavy (non-hydrogen) atoms. The summed E-state index contributed by atoms with van der Waals surface area (Å²) in [6, 6.07) is 15.9. The molecule has 4 aromatic heterocycles. The summed E-state index contributed by atoms with van der Waals surface area (Å²) in [7, 11) is 1.87. The first-order valence-electron chi connectivity index (χ1n) is 8.55. The Hall–Kier alpha value is -3.81. The lowest BCUT2D eigenvalue weighted by Crippen LogP contribution is -2.04. The first-order chi connectivity index (χ1) is 13.2. The third-order valence-corrected chi connectivity index (χ3v) is 4.33. The molecule has 1 aromatic carbocycles. The number of pyridine rings is 2. The Bertz CT molecular complexity index is 1250. The van der Waals surface area contributed by atoms with E-state index in [1.54, 1.807) is 15.6 Å². The molecule has 0 aliphatic carbocycles. The predicted molar refractivity (Wildman–Crippen MR) is 103 cm³/mol. The van der Waals surface area contributed by atoms with Crippen LogP contribution >= 0.6 is 0 Å². The fourth-order valence-corrected chi connectivity index (χ4v) is 3.04. The molecule has 0 saturated heterocycles. The van der Waals surface area contributed by atoms with Crippen LogP contribution < -0.4 is 5.32 Å². The molecule has 0 atom stereocenters. The van der Waals surface area contributed by atoms with Gasteiger partial charge in [0.1, 0.15) is 11.3 Å². The van der Waals surface area contributed by atoms with Gasteiger partial charge in [-0.1, -0.05) is 17.3 Å². The summed E-state index contributed by atoms with van der Waals surface area (Å²) in [4.78, 5) is 9.02. The highest BCUT2D eigenvalue weighted by molar-refractivity contribution is 5.79. The van der Waals surface area contributed by atoms with Gasteiger partial charge < -0.3 is 5.32 Å². The third kappa shape index (κ3) is 2.97.